The van der Waals surface area contributed by atoms with Crippen LogP contribution in [0.4, 0.5) is 0 Å². The van der Waals surface area contributed by atoms with E-state index in [1.54, 1.807) is 34.0 Å². The number of thiophene rings is 1. The van der Waals surface area contributed by atoms with E-state index in [1.807, 2.05) is 29.7 Å². The highest BCUT2D eigenvalue weighted by atomic mass is 35.5. The van der Waals surface area contributed by atoms with Gasteiger partial charge in [-0.25, -0.2) is 9.97 Å². The van der Waals surface area contributed by atoms with Crippen LogP contribution in [0.5, 0.6) is 0 Å². The second-order valence-corrected chi connectivity index (χ2v) is 7.64. The molecule has 0 bridgehead atoms. The first-order chi connectivity index (χ1) is 10.8. The van der Waals surface area contributed by atoms with E-state index in [0.717, 1.165) is 31.5 Å². The second kappa shape index (κ2) is 5.93. The summed E-state index contributed by atoms with van der Waals surface area (Å²) >= 11 is 11.3. The number of aromatic nitrogens is 2. The third-order valence-electron chi connectivity index (χ3n) is 3.06. The Morgan fingerprint density at radius 2 is 2.00 bits per heavy atom. The third-order valence-corrected chi connectivity index (χ3v) is 6.13. The first-order valence-electron chi connectivity index (χ1n) is 6.51. The predicted molar refractivity (Wildman–Crippen MR) is 98.8 cm³/mol. The Balaban J connectivity index is 1.67. The Kier molecular flexibility index (Phi) is 3.80. The minimum Gasteiger partial charge on any atom is -0.237 e. The quantitative estimate of drug-likeness (QED) is 0.433. The van der Waals surface area contributed by atoms with Gasteiger partial charge in [-0.15, -0.1) is 22.7 Å². The lowest BCUT2D eigenvalue weighted by atomic mass is 10.3. The maximum atomic E-state index is 6.42. The van der Waals surface area contributed by atoms with Gasteiger partial charge in [0.1, 0.15) is 10.0 Å². The molecule has 1 aromatic carbocycles. The average molecular weight is 361 g/mol. The monoisotopic (exact) mass is 360 g/mol. The van der Waals surface area contributed by atoms with Gasteiger partial charge in [-0.2, -0.15) is 11.3 Å². The molecule has 0 fully saturated rings. The molecule has 0 N–H and O–H groups in total. The van der Waals surface area contributed by atoms with Gasteiger partial charge in [0.15, 0.2) is 0 Å². The zero-order valence-corrected chi connectivity index (χ0v) is 14.4. The Labute approximate surface area is 144 Å². The molecule has 0 amide bonds. The van der Waals surface area contributed by atoms with Gasteiger partial charge in [0.2, 0.25) is 0 Å². The van der Waals surface area contributed by atoms with Crippen LogP contribution in [0.15, 0.2) is 46.5 Å². The van der Waals surface area contributed by atoms with Crippen molar-refractivity contribution in [2.45, 2.75) is 0 Å². The van der Waals surface area contributed by atoms with Gasteiger partial charge in [0.25, 0.3) is 0 Å². The highest BCUT2D eigenvalue weighted by molar-refractivity contribution is 7.20. The van der Waals surface area contributed by atoms with Gasteiger partial charge in [0, 0.05) is 16.3 Å². The SMILES string of the molecule is Cl/C(=C\c1csc(-c2ccsc2)n1)c1nc2ccccc2s1. The fourth-order valence-electron chi connectivity index (χ4n) is 2.04. The van der Waals surface area contributed by atoms with Crippen molar-refractivity contribution >= 4 is 66.9 Å². The van der Waals surface area contributed by atoms with Crippen molar-refractivity contribution in [3.8, 4) is 10.6 Å². The number of thiazole rings is 2. The summed E-state index contributed by atoms with van der Waals surface area (Å²) in [6, 6.07) is 10.1. The molecular formula is C16H9ClN2S3. The number of benzene rings is 1. The van der Waals surface area contributed by atoms with Gasteiger partial charge < -0.3 is 0 Å². The van der Waals surface area contributed by atoms with Crippen LogP contribution in [-0.2, 0) is 0 Å². The van der Waals surface area contributed by atoms with Crippen molar-refractivity contribution in [3.63, 3.8) is 0 Å². The van der Waals surface area contributed by atoms with E-state index < -0.39 is 0 Å². The first kappa shape index (κ1) is 14.1. The minimum absolute atomic E-state index is 0.628. The average Bonchev–Trinajstić information content (AvgIpc) is 3.26. The van der Waals surface area contributed by atoms with E-state index in [1.165, 1.54) is 0 Å². The molecule has 0 aliphatic carbocycles. The molecule has 2 nitrogen and oxygen atoms in total. The zero-order chi connectivity index (χ0) is 14.9. The van der Waals surface area contributed by atoms with Crippen molar-refractivity contribution in [2.24, 2.45) is 0 Å². The van der Waals surface area contributed by atoms with Crippen molar-refractivity contribution in [3.05, 3.63) is 57.2 Å². The number of fused-ring (bicyclic) bond motifs is 1. The molecule has 22 heavy (non-hydrogen) atoms. The molecule has 0 radical (unpaired) electrons. The molecular weight excluding hydrogens is 352 g/mol. The van der Waals surface area contributed by atoms with Crippen LogP contribution in [0.3, 0.4) is 0 Å². The van der Waals surface area contributed by atoms with E-state index in [2.05, 4.69) is 32.9 Å². The molecule has 0 spiro atoms. The molecule has 0 atom stereocenters. The Bertz CT molecular complexity index is 918. The largest absolute Gasteiger partial charge is 0.237 e. The summed E-state index contributed by atoms with van der Waals surface area (Å²) in [6.07, 6.45) is 1.88. The lowest BCUT2D eigenvalue weighted by Crippen LogP contribution is -1.77. The summed E-state index contributed by atoms with van der Waals surface area (Å²) in [5, 5.41) is 8.64. The Morgan fingerprint density at radius 3 is 2.82 bits per heavy atom. The van der Waals surface area contributed by atoms with E-state index in [4.69, 9.17) is 11.6 Å². The van der Waals surface area contributed by atoms with Gasteiger partial charge in [-0.3, -0.25) is 0 Å². The topological polar surface area (TPSA) is 25.8 Å². The van der Waals surface area contributed by atoms with Crippen LogP contribution in [0, 0.1) is 0 Å². The normalized spacial score (nSPS) is 12.1. The Hall–Kier alpha value is -1.53. The van der Waals surface area contributed by atoms with E-state index >= 15 is 0 Å². The first-order valence-corrected chi connectivity index (χ1v) is 9.52. The molecule has 0 unspecified atom stereocenters. The number of hydrogen-bond donors (Lipinski definition) is 0. The van der Waals surface area contributed by atoms with E-state index in [0.29, 0.717) is 5.03 Å². The standard InChI is InChI=1S/C16H9ClN2S3/c17-12(16-19-13-3-1-2-4-14(13)22-16)7-11-9-21-15(18-11)10-5-6-20-8-10/h1-9H/b12-7-. The van der Waals surface area contributed by atoms with Crippen LogP contribution in [0.25, 0.3) is 31.9 Å². The summed E-state index contributed by atoms with van der Waals surface area (Å²) in [4.78, 5) is 9.17. The lowest BCUT2D eigenvalue weighted by Gasteiger charge is -1.91. The summed E-state index contributed by atoms with van der Waals surface area (Å²) in [5.41, 5.74) is 3.01. The van der Waals surface area contributed by atoms with Crippen LogP contribution in [0.2, 0.25) is 0 Å². The highest BCUT2D eigenvalue weighted by Gasteiger charge is 2.09. The van der Waals surface area contributed by atoms with E-state index in [9.17, 15) is 0 Å². The molecule has 4 rings (SSSR count). The molecule has 0 aliphatic heterocycles. The van der Waals surface area contributed by atoms with Gasteiger partial charge in [0.05, 0.1) is 20.9 Å². The molecule has 0 saturated carbocycles. The third kappa shape index (κ3) is 2.73. The molecule has 3 aromatic heterocycles. The van der Waals surface area contributed by atoms with Gasteiger partial charge >= 0.3 is 0 Å². The predicted octanol–water partition coefficient (Wildman–Crippen LogP) is 6.22. The maximum absolute atomic E-state index is 6.42. The molecule has 3 heterocycles. The summed E-state index contributed by atoms with van der Waals surface area (Å²) in [6.45, 7) is 0. The molecule has 6 heteroatoms. The highest BCUT2D eigenvalue weighted by Crippen LogP contribution is 2.32. The zero-order valence-electron chi connectivity index (χ0n) is 11.2. The number of halogens is 1. The maximum Gasteiger partial charge on any atom is 0.136 e. The molecule has 0 aliphatic rings. The fraction of sp³-hybridized carbons (Fsp3) is 0. The van der Waals surface area contributed by atoms with Crippen molar-refractivity contribution in [1.82, 2.24) is 9.97 Å². The van der Waals surface area contributed by atoms with Crippen LogP contribution in [-0.4, -0.2) is 9.97 Å². The number of para-hydroxylation sites is 1. The van der Waals surface area contributed by atoms with Crippen molar-refractivity contribution in [2.75, 3.05) is 0 Å². The van der Waals surface area contributed by atoms with Gasteiger partial charge in [-0.05, 0) is 29.7 Å². The van der Waals surface area contributed by atoms with Crippen LogP contribution >= 0.6 is 45.6 Å². The molecule has 4 aromatic rings. The Morgan fingerprint density at radius 1 is 1.09 bits per heavy atom. The minimum atomic E-state index is 0.628. The van der Waals surface area contributed by atoms with Crippen LogP contribution < -0.4 is 0 Å². The smallest absolute Gasteiger partial charge is 0.136 e. The second-order valence-electron chi connectivity index (χ2n) is 4.57. The summed E-state index contributed by atoms with van der Waals surface area (Å²) in [7, 11) is 0. The fourth-order valence-corrected chi connectivity index (χ4v) is 4.67. The number of nitrogens with zero attached hydrogens (tertiary/aromatic N) is 2. The molecule has 108 valence electrons. The summed E-state index contributed by atoms with van der Waals surface area (Å²) in [5.74, 6) is 0. The number of hydrogen-bond acceptors (Lipinski definition) is 5. The van der Waals surface area contributed by atoms with Crippen LogP contribution in [0.1, 0.15) is 10.7 Å². The summed E-state index contributed by atoms with van der Waals surface area (Å²) < 4.78 is 1.14. The molecule has 0 saturated heterocycles. The lowest BCUT2D eigenvalue weighted by molar-refractivity contribution is 1.38. The van der Waals surface area contributed by atoms with Crippen molar-refractivity contribution < 1.29 is 0 Å². The van der Waals surface area contributed by atoms with Gasteiger partial charge in [-0.1, -0.05) is 23.7 Å². The number of rotatable bonds is 3. The van der Waals surface area contributed by atoms with E-state index in [-0.39, 0.29) is 0 Å². The van der Waals surface area contributed by atoms with Crippen molar-refractivity contribution in [1.29, 1.82) is 0 Å².